The van der Waals surface area contributed by atoms with Crippen LogP contribution in [0.1, 0.15) is 48.0 Å². The lowest BCUT2D eigenvalue weighted by Gasteiger charge is -2.21. The van der Waals surface area contributed by atoms with Crippen LogP contribution in [0, 0.1) is 5.92 Å². The Morgan fingerprint density at radius 2 is 1.76 bits per heavy atom. The molecule has 152 valence electrons. The first-order chi connectivity index (χ1) is 14.2. The molecule has 2 aromatic rings. The highest BCUT2D eigenvalue weighted by atomic mass is 16.5. The molecular formula is C24H28N2O3. The summed E-state index contributed by atoms with van der Waals surface area (Å²) in [6, 6.07) is 14.7. The molecule has 3 rings (SSSR count). The van der Waals surface area contributed by atoms with E-state index in [9.17, 15) is 9.59 Å². The SMILES string of the molecule is C=CC(=O)NCc1ccccc1C(=O)Nc1ccc(OCC2CCCCC2)cc1. The first-order valence-corrected chi connectivity index (χ1v) is 10.2. The standard InChI is InChI=1S/C24H28N2O3/c1-2-23(27)25-16-19-10-6-7-11-22(19)24(28)26-20-12-14-21(15-13-20)29-17-18-8-4-3-5-9-18/h2,6-7,10-15,18H,1,3-5,8-9,16-17H2,(H,25,27)(H,26,28). The van der Waals surface area contributed by atoms with Crippen molar-refractivity contribution in [3.63, 3.8) is 0 Å². The molecule has 0 saturated heterocycles. The zero-order valence-electron chi connectivity index (χ0n) is 16.7. The summed E-state index contributed by atoms with van der Waals surface area (Å²) >= 11 is 0. The van der Waals surface area contributed by atoms with Crippen LogP contribution in [0.2, 0.25) is 0 Å². The van der Waals surface area contributed by atoms with E-state index in [2.05, 4.69) is 17.2 Å². The van der Waals surface area contributed by atoms with Crippen molar-refractivity contribution >= 4 is 17.5 Å². The van der Waals surface area contributed by atoms with Crippen molar-refractivity contribution in [1.82, 2.24) is 5.32 Å². The number of carbonyl (C=O) groups is 2. The van der Waals surface area contributed by atoms with Gasteiger partial charge >= 0.3 is 0 Å². The van der Waals surface area contributed by atoms with E-state index in [1.54, 1.807) is 12.1 Å². The van der Waals surface area contributed by atoms with E-state index >= 15 is 0 Å². The average Bonchev–Trinajstić information content (AvgIpc) is 2.77. The Balaban J connectivity index is 1.56. The van der Waals surface area contributed by atoms with Crippen molar-refractivity contribution in [1.29, 1.82) is 0 Å². The number of carbonyl (C=O) groups excluding carboxylic acids is 2. The number of nitrogens with one attached hydrogen (secondary N) is 2. The molecule has 29 heavy (non-hydrogen) atoms. The number of ether oxygens (including phenoxy) is 1. The Hall–Kier alpha value is -3.08. The molecule has 1 aliphatic carbocycles. The monoisotopic (exact) mass is 392 g/mol. The van der Waals surface area contributed by atoms with Crippen LogP contribution in [0.4, 0.5) is 5.69 Å². The first kappa shape index (κ1) is 20.6. The molecule has 0 spiro atoms. The lowest BCUT2D eigenvalue weighted by atomic mass is 9.90. The van der Waals surface area contributed by atoms with Crippen molar-refractivity contribution in [2.75, 3.05) is 11.9 Å². The van der Waals surface area contributed by atoms with Crippen molar-refractivity contribution in [3.8, 4) is 5.75 Å². The second-order valence-electron chi connectivity index (χ2n) is 7.37. The molecule has 2 N–H and O–H groups in total. The van der Waals surface area contributed by atoms with Gasteiger partial charge in [-0.2, -0.15) is 0 Å². The van der Waals surface area contributed by atoms with Crippen LogP contribution >= 0.6 is 0 Å². The molecule has 0 heterocycles. The molecule has 0 bridgehead atoms. The van der Waals surface area contributed by atoms with Crippen LogP contribution in [0.25, 0.3) is 0 Å². The maximum absolute atomic E-state index is 12.7. The Labute approximate surface area is 172 Å². The third-order valence-electron chi connectivity index (χ3n) is 5.22. The summed E-state index contributed by atoms with van der Waals surface area (Å²) in [7, 11) is 0. The van der Waals surface area contributed by atoms with E-state index in [0.717, 1.165) is 17.9 Å². The van der Waals surface area contributed by atoms with Gasteiger partial charge in [0.25, 0.3) is 5.91 Å². The summed E-state index contributed by atoms with van der Waals surface area (Å²) < 4.78 is 5.91. The zero-order chi connectivity index (χ0) is 20.5. The fraction of sp³-hybridized carbons (Fsp3) is 0.333. The molecule has 0 aliphatic heterocycles. The smallest absolute Gasteiger partial charge is 0.256 e. The van der Waals surface area contributed by atoms with Gasteiger partial charge in [0.05, 0.1) is 6.61 Å². The van der Waals surface area contributed by atoms with E-state index < -0.39 is 0 Å². The maximum Gasteiger partial charge on any atom is 0.256 e. The normalized spacial score (nSPS) is 14.1. The Kier molecular flexibility index (Phi) is 7.45. The fourth-order valence-electron chi connectivity index (χ4n) is 3.55. The second-order valence-corrected chi connectivity index (χ2v) is 7.37. The number of anilines is 1. The summed E-state index contributed by atoms with van der Waals surface area (Å²) in [4.78, 5) is 24.1. The summed E-state index contributed by atoms with van der Waals surface area (Å²) in [5.74, 6) is 0.982. The minimum absolute atomic E-state index is 0.218. The molecule has 1 aliphatic rings. The van der Waals surface area contributed by atoms with E-state index in [0.29, 0.717) is 17.2 Å². The number of benzene rings is 2. The van der Waals surface area contributed by atoms with E-state index in [1.807, 2.05) is 36.4 Å². The Morgan fingerprint density at radius 1 is 1.03 bits per heavy atom. The van der Waals surface area contributed by atoms with Gasteiger partial charge in [0.2, 0.25) is 5.91 Å². The van der Waals surface area contributed by atoms with Crippen LogP contribution in [-0.4, -0.2) is 18.4 Å². The van der Waals surface area contributed by atoms with Crippen molar-refractivity contribution in [2.24, 2.45) is 5.92 Å². The third kappa shape index (κ3) is 6.21. The molecule has 2 aromatic carbocycles. The van der Waals surface area contributed by atoms with Crippen molar-refractivity contribution < 1.29 is 14.3 Å². The summed E-state index contributed by atoms with van der Waals surface area (Å²) in [5, 5.41) is 5.61. The van der Waals surface area contributed by atoms with Gasteiger partial charge < -0.3 is 15.4 Å². The molecule has 0 radical (unpaired) electrons. The van der Waals surface area contributed by atoms with Crippen LogP contribution in [-0.2, 0) is 11.3 Å². The van der Waals surface area contributed by atoms with Crippen LogP contribution in [0.3, 0.4) is 0 Å². The Morgan fingerprint density at radius 3 is 2.48 bits per heavy atom. The van der Waals surface area contributed by atoms with E-state index in [4.69, 9.17) is 4.74 Å². The van der Waals surface area contributed by atoms with Crippen LogP contribution in [0.5, 0.6) is 5.75 Å². The summed E-state index contributed by atoms with van der Waals surface area (Å²) in [6.07, 6.45) is 7.66. The van der Waals surface area contributed by atoms with Crippen LogP contribution < -0.4 is 15.4 Å². The molecule has 0 aromatic heterocycles. The highest BCUT2D eigenvalue weighted by Gasteiger charge is 2.14. The summed E-state index contributed by atoms with van der Waals surface area (Å²) in [5.41, 5.74) is 1.96. The van der Waals surface area contributed by atoms with E-state index in [1.165, 1.54) is 38.2 Å². The lowest BCUT2D eigenvalue weighted by Crippen LogP contribution is -2.22. The zero-order valence-corrected chi connectivity index (χ0v) is 16.7. The minimum atomic E-state index is -0.274. The van der Waals surface area contributed by atoms with Gasteiger partial charge in [-0.3, -0.25) is 9.59 Å². The molecule has 0 unspecified atom stereocenters. The van der Waals surface area contributed by atoms with E-state index in [-0.39, 0.29) is 18.4 Å². The number of hydrogen-bond acceptors (Lipinski definition) is 3. The molecule has 5 nitrogen and oxygen atoms in total. The number of amides is 2. The van der Waals surface area contributed by atoms with Gasteiger partial charge in [0, 0.05) is 17.8 Å². The highest BCUT2D eigenvalue weighted by Crippen LogP contribution is 2.25. The molecule has 0 atom stereocenters. The average molecular weight is 392 g/mol. The predicted octanol–water partition coefficient (Wildman–Crippen LogP) is 4.70. The first-order valence-electron chi connectivity index (χ1n) is 10.2. The van der Waals surface area contributed by atoms with Crippen molar-refractivity contribution in [2.45, 2.75) is 38.6 Å². The van der Waals surface area contributed by atoms with Gasteiger partial charge in [-0.05, 0) is 60.7 Å². The molecule has 1 fully saturated rings. The summed E-state index contributed by atoms with van der Waals surface area (Å²) in [6.45, 7) is 4.46. The molecule has 2 amide bonds. The topological polar surface area (TPSA) is 67.4 Å². The van der Waals surface area contributed by atoms with Crippen molar-refractivity contribution in [3.05, 3.63) is 72.3 Å². The van der Waals surface area contributed by atoms with Crippen LogP contribution in [0.15, 0.2) is 61.2 Å². The minimum Gasteiger partial charge on any atom is -0.493 e. The van der Waals surface area contributed by atoms with Gasteiger partial charge in [-0.15, -0.1) is 0 Å². The maximum atomic E-state index is 12.7. The van der Waals surface area contributed by atoms with Gasteiger partial charge in [-0.25, -0.2) is 0 Å². The van der Waals surface area contributed by atoms with Gasteiger partial charge in [0.15, 0.2) is 0 Å². The largest absolute Gasteiger partial charge is 0.493 e. The predicted molar refractivity (Wildman–Crippen MR) is 115 cm³/mol. The molecule has 1 saturated carbocycles. The Bertz CT molecular complexity index is 839. The lowest BCUT2D eigenvalue weighted by molar-refractivity contribution is -0.116. The highest BCUT2D eigenvalue weighted by molar-refractivity contribution is 6.05. The van der Waals surface area contributed by atoms with Gasteiger partial charge in [-0.1, -0.05) is 44.0 Å². The number of hydrogen-bond donors (Lipinski definition) is 2. The molecular weight excluding hydrogens is 364 g/mol. The fourth-order valence-corrected chi connectivity index (χ4v) is 3.55. The number of rotatable bonds is 8. The quantitative estimate of drug-likeness (QED) is 0.640. The van der Waals surface area contributed by atoms with Gasteiger partial charge in [0.1, 0.15) is 5.75 Å². The molecule has 5 heteroatoms. The second kappa shape index (κ2) is 10.5. The third-order valence-corrected chi connectivity index (χ3v) is 5.22.